The van der Waals surface area contributed by atoms with Gasteiger partial charge in [-0.25, -0.2) is 0 Å². The first kappa shape index (κ1) is 15.5. The summed E-state index contributed by atoms with van der Waals surface area (Å²) < 4.78 is 0. The maximum Gasteiger partial charge on any atom is 0.0236 e. The summed E-state index contributed by atoms with van der Waals surface area (Å²) in [6, 6.07) is 9.88. The lowest BCUT2D eigenvalue weighted by atomic mass is 9.94. The van der Waals surface area contributed by atoms with Gasteiger partial charge in [-0.3, -0.25) is 4.90 Å². The van der Waals surface area contributed by atoms with Crippen LogP contribution in [0.25, 0.3) is 0 Å². The molecule has 0 radical (unpaired) electrons. The van der Waals surface area contributed by atoms with Crippen LogP contribution in [0.4, 0.5) is 0 Å². The molecule has 1 fully saturated rings. The van der Waals surface area contributed by atoms with Gasteiger partial charge in [0.05, 0.1) is 0 Å². The number of likely N-dealkylation sites (tertiary alicyclic amines) is 1. The molecule has 0 saturated carbocycles. The van der Waals surface area contributed by atoms with Crippen LogP contribution in [0.15, 0.2) is 24.3 Å². The summed E-state index contributed by atoms with van der Waals surface area (Å²) in [5, 5.41) is 3.45. The molecule has 0 amide bonds. The molecule has 1 saturated heterocycles. The molecular formula is C18H30N2. The van der Waals surface area contributed by atoms with Gasteiger partial charge in [0.15, 0.2) is 0 Å². The number of nitrogens with one attached hydrogen (secondary N) is 1. The van der Waals surface area contributed by atoms with Crippen molar-refractivity contribution < 1.29 is 0 Å². The van der Waals surface area contributed by atoms with Gasteiger partial charge < -0.3 is 5.32 Å². The molecule has 1 aromatic carbocycles. The fourth-order valence-corrected chi connectivity index (χ4v) is 3.01. The van der Waals surface area contributed by atoms with Gasteiger partial charge in [0.1, 0.15) is 0 Å². The molecule has 1 aliphatic rings. The lowest BCUT2D eigenvalue weighted by Crippen LogP contribution is -2.40. The van der Waals surface area contributed by atoms with Crippen molar-refractivity contribution in [3.8, 4) is 0 Å². The van der Waals surface area contributed by atoms with Crippen LogP contribution in [0.5, 0.6) is 0 Å². The van der Waals surface area contributed by atoms with Crippen LogP contribution in [-0.2, 0) is 13.1 Å². The second kappa shape index (κ2) is 7.80. The standard InChI is InChI=1S/C18H30N2/c1-4-11-19-12-17-7-9-18(10-8-17)14-20-13-15(2)5-6-16(20)3/h7-10,15-16,19H,4-6,11-14H2,1-3H3. The van der Waals surface area contributed by atoms with Crippen molar-refractivity contribution in [3.05, 3.63) is 35.4 Å². The fraction of sp³-hybridized carbons (Fsp3) is 0.667. The fourth-order valence-electron chi connectivity index (χ4n) is 3.01. The first-order chi connectivity index (χ1) is 9.69. The van der Waals surface area contributed by atoms with Gasteiger partial charge in [0.25, 0.3) is 0 Å². The van der Waals surface area contributed by atoms with E-state index in [9.17, 15) is 0 Å². The normalized spacial score (nSPS) is 23.9. The SMILES string of the molecule is CCCNCc1ccc(CN2CC(C)CCC2C)cc1. The molecule has 0 bridgehead atoms. The molecule has 2 heteroatoms. The summed E-state index contributed by atoms with van der Waals surface area (Å²) in [5.74, 6) is 0.851. The highest BCUT2D eigenvalue weighted by atomic mass is 15.2. The maximum absolute atomic E-state index is 3.45. The van der Waals surface area contributed by atoms with Crippen LogP contribution >= 0.6 is 0 Å². The first-order valence-electron chi connectivity index (χ1n) is 8.21. The topological polar surface area (TPSA) is 15.3 Å². The number of hydrogen-bond acceptors (Lipinski definition) is 2. The molecule has 1 N–H and O–H groups in total. The quantitative estimate of drug-likeness (QED) is 0.794. The molecule has 0 aliphatic carbocycles. The largest absolute Gasteiger partial charge is 0.313 e. The van der Waals surface area contributed by atoms with E-state index in [1.165, 1.54) is 36.9 Å². The maximum atomic E-state index is 3.45. The third kappa shape index (κ3) is 4.60. The minimum atomic E-state index is 0.733. The zero-order valence-electron chi connectivity index (χ0n) is 13.4. The van der Waals surface area contributed by atoms with E-state index in [0.717, 1.165) is 31.6 Å². The van der Waals surface area contributed by atoms with E-state index in [2.05, 4.69) is 55.3 Å². The van der Waals surface area contributed by atoms with Crippen LogP contribution in [-0.4, -0.2) is 24.0 Å². The number of piperidine rings is 1. The van der Waals surface area contributed by atoms with Crippen LogP contribution in [0.1, 0.15) is 51.2 Å². The molecular weight excluding hydrogens is 244 g/mol. The van der Waals surface area contributed by atoms with Gasteiger partial charge in [0, 0.05) is 25.7 Å². The van der Waals surface area contributed by atoms with Crippen molar-refractivity contribution in [3.63, 3.8) is 0 Å². The third-order valence-corrected chi connectivity index (χ3v) is 4.41. The predicted octanol–water partition coefficient (Wildman–Crippen LogP) is 3.81. The summed E-state index contributed by atoms with van der Waals surface area (Å²) in [4.78, 5) is 2.64. The van der Waals surface area contributed by atoms with Gasteiger partial charge in [-0.1, -0.05) is 38.1 Å². The van der Waals surface area contributed by atoms with Crippen molar-refractivity contribution in [2.45, 2.75) is 59.2 Å². The average Bonchev–Trinajstić information content (AvgIpc) is 2.45. The van der Waals surface area contributed by atoms with Crippen molar-refractivity contribution in [2.24, 2.45) is 5.92 Å². The molecule has 1 heterocycles. The van der Waals surface area contributed by atoms with Gasteiger partial charge in [-0.15, -0.1) is 0 Å². The van der Waals surface area contributed by atoms with E-state index in [0.29, 0.717) is 0 Å². The molecule has 2 rings (SSSR count). The second-order valence-corrected chi connectivity index (χ2v) is 6.45. The van der Waals surface area contributed by atoms with Gasteiger partial charge >= 0.3 is 0 Å². The molecule has 0 aromatic heterocycles. The van der Waals surface area contributed by atoms with Gasteiger partial charge in [-0.05, 0) is 49.8 Å². The second-order valence-electron chi connectivity index (χ2n) is 6.45. The number of benzene rings is 1. The number of hydrogen-bond donors (Lipinski definition) is 1. The van der Waals surface area contributed by atoms with E-state index in [1.807, 2.05) is 0 Å². The molecule has 1 aromatic rings. The predicted molar refractivity (Wildman–Crippen MR) is 86.7 cm³/mol. The Labute approximate surface area is 124 Å². The smallest absolute Gasteiger partial charge is 0.0236 e. The third-order valence-electron chi connectivity index (χ3n) is 4.41. The van der Waals surface area contributed by atoms with Crippen LogP contribution in [0, 0.1) is 5.92 Å². The molecule has 0 spiro atoms. The average molecular weight is 274 g/mol. The summed E-state index contributed by atoms with van der Waals surface area (Å²) in [7, 11) is 0. The van der Waals surface area contributed by atoms with Crippen molar-refractivity contribution in [1.29, 1.82) is 0 Å². The molecule has 112 valence electrons. The Bertz CT molecular complexity index is 385. The molecule has 20 heavy (non-hydrogen) atoms. The Balaban J connectivity index is 1.86. The van der Waals surface area contributed by atoms with E-state index >= 15 is 0 Å². The molecule has 2 unspecified atom stereocenters. The highest BCUT2D eigenvalue weighted by Gasteiger charge is 2.22. The highest BCUT2D eigenvalue weighted by molar-refractivity contribution is 5.22. The summed E-state index contributed by atoms with van der Waals surface area (Å²) in [6.45, 7) is 11.4. The zero-order chi connectivity index (χ0) is 14.4. The minimum absolute atomic E-state index is 0.733. The summed E-state index contributed by atoms with van der Waals surface area (Å²) in [5.41, 5.74) is 2.84. The zero-order valence-corrected chi connectivity index (χ0v) is 13.4. The van der Waals surface area contributed by atoms with Crippen LogP contribution < -0.4 is 5.32 Å². The van der Waals surface area contributed by atoms with E-state index in [1.54, 1.807) is 0 Å². The van der Waals surface area contributed by atoms with Crippen molar-refractivity contribution in [1.82, 2.24) is 10.2 Å². The Kier molecular flexibility index (Phi) is 6.06. The van der Waals surface area contributed by atoms with E-state index in [-0.39, 0.29) is 0 Å². The molecule has 1 aliphatic heterocycles. The Morgan fingerprint density at radius 1 is 1.10 bits per heavy atom. The van der Waals surface area contributed by atoms with Crippen LogP contribution in [0.2, 0.25) is 0 Å². The lowest BCUT2D eigenvalue weighted by Gasteiger charge is -2.36. The Morgan fingerprint density at radius 3 is 2.50 bits per heavy atom. The monoisotopic (exact) mass is 274 g/mol. The van der Waals surface area contributed by atoms with Crippen molar-refractivity contribution >= 4 is 0 Å². The first-order valence-corrected chi connectivity index (χ1v) is 8.21. The minimum Gasteiger partial charge on any atom is -0.313 e. The van der Waals surface area contributed by atoms with E-state index < -0.39 is 0 Å². The van der Waals surface area contributed by atoms with Crippen LogP contribution in [0.3, 0.4) is 0 Å². The van der Waals surface area contributed by atoms with Gasteiger partial charge in [-0.2, -0.15) is 0 Å². The molecule has 2 atom stereocenters. The summed E-state index contributed by atoms with van der Waals surface area (Å²) in [6.07, 6.45) is 3.93. The van der Waals surface area contributed by atoms with Gasteiger partial charge in [0.2, 0.25) is 0 Å². The van der Waals surface area contributed by atoms with Crippen molar-refractivity contribution in [2.75, 3.05) is 13.1 Å². The summed E-state index contributed by atoms with van der Waals surface area (Å²) >= 11 is 0. The van der Waals surface area contributed by atoms with E-state index in [4.69, 9.17) is 0 Å². The Morgan fingerprint density at radius 2 is 1.80 bits per heavy atom. The lowest BCUT2D eigenvalue weighted by molar-refractivity contribution is 0.117. The number of nitrogens with zero attached hydrogens (tertiary/aromatic N) is 1. The Hall–Kier alpha value is -0.860. The molecule has 2 nitrogen and oxygen atoms in total. The number of rotatable bonds is 6. The highest BCUT2D eigenvalue weighted by Crippen LogP contribution is 2.23.